The van der Waals surface area contributed by atoms with Crippen LogP contribution in [0, 0.1) is 0 Å². The Hall–Kier alpha value is -0.380. The van der Waals surface area contributed by atoms with Gasteiger partial charge in [-0.25, -0.2) is 4.68 Å². The molecule has 0 saturated heterocycles. The molecule has 0 aromatic carbocycles. The molecule has 1 aromatic heterocycles. The summed E-state index contributed by atoms with van der Waals surface area (Å²) < 4.78 is 2.97. The van der Waals surface area contributed by atoms with Crippen molar-refractivity contribution in [2.45, 2.75) is 46.1 Å². The maximum Gasteiger partial charge on any atom is 0.127 e. The van der Waals surface area contributed by atoms with E-state index in [1.807, 2.05) is 4.68 Å². The van der Waals surface area contributed by atoms with Crippen molar-refractivity contribution in [3.63, 3.8) is 0 Å². The lowest BCUT2D eigenvalue weighted by atomic mass is 10.2. The lowest BCUT2D eigenvalue weighted by Gasteiger charge is -2.02. The highest BCUT2D eigenvalue weighted by atomic mass is 79.9. The summed E-state index contributed by atoms with van der Waals surface area (Å²) in [4.78, 5) is 0. The molecule has 3 nitrogen and oxygen atoms in total. The molecule has 0 amide bonds. The highest BCUT2D eigenvalue weighted by molar-refractivity contribution is 9.10. The number of hydrogen-bond acceptors (Lipinski definition) is 2. The van der Waals surface area contributed by atoms with Gasteiger partial charge in [-0.2, -0.15) is 0 Å². The second-order valence-corrected chi connectivity index (χ2v) is 4.25. The molecule has 0 N–H and O–H groups in total. The predicted molar refractivity (Wildman–Crippen MR) is 56.7 cm³/mol. The van der Waals surface area contributed by atoms with Gasteiger partial charge in [0.05, 0.1) is 5.69 Å². The van der Waals surface area contributed by atoms with E-state index in [2.05, 4.69) is 47.0 Å². The molecule has 0 saturated carbocycles. The molecule has 0 radical (unpaired) electrons. The van der Waals surface area contributed by atoms with Crippen LogP contribution in [0.15, 0.2) is 4.60 Å². The van der Waals surface area contributed by atoms with Crippen LogP contribution in [0.4, 0.5) is 0 Å². The van der Waals surface area contributed by atoms with Crippen molar-refractivity contribution in [3.05, 3.63) is 10.3 Å². The normalized spacial score (nSPS) is 11.2. The second kappa shape index (κ2) is 4.74. The molecule has 1 heterocycles. The van der Waals surface area contributed by atoms with Crippen molar-refractivity contribution >= 4 is 15.9 Å². The lowest BCUT2D eigenvalue weighted by Crippen LogP contribution is -2.00. The minimum Gasteiger partial charge on any atom is -0.238 e. The maximum atomic E-state index is 4.13. The number of unbranched alkanes of at least 4 members (excludes halogenated alkanes) is 1. The zero-order valence-corrected chi connectivity index (χ0v) is 10.0. The largest absolute Gasteiger partial charge is 0.238 e. The van der Waals surface area contributed by atoms with Crippen molar-refractivity contribution in [1.29, 1.82) is 0 Å². The smallest absolute Gasteiger partial charge is 0.127 e. The van der Waals surface area contributed by atoms with E-state index in [0.717, 1.165) is 23.3 Å². The molecular weight excluding hydrogens is 230 g/mol. The summed E-state index contributed by atoms with van der Waals surface area (Å²) in [6, 6.07) is 0. The van der Waals surface area contributed by atoms with Gasteiger partial charge >= 0.3 is 0 Å². The fourth-order valence-corrected chi connectivity index (χ4v) is 1.90. The van der Waals surface area contributed by atoms with Crippen LogP contribution in [0.1, 0.15) is 45.2 Å². The van der Waals surface area contributed by atoms with E-state index < -0.39 is 0 Å². The fraction of sp³-hybridized carbons (Fsp3) is 0.778. The number of rotatable bonds is 4. The van der Waals surface area contributed by atoms with Gasteiger partial charge < -0.3 is 0 Å². The third-order valence-corrected chi connectivity index (χ3v) is 2.78. The molecule has 74 valence electrons. The van der Waals surface area contributed by atoms with Gasteiger partial charge in [-0.05, 0) is 22.4 Å². The first-order valence-corrected chi connectivity index (χ1v) is 5.55. The summed E-state index contributed by atoms with van der Waals surface area (Å²) in [7, 11) is 0. The van der Waals surface area contributed by atoms with Crippen molar-refractivity contribution in [2.75, 3.05) is 0 Å². The van der Waals surface area contributed by atoms with E-state index in [-0.39, 0.29) is 0 Å². The van der Waals surface area contributed by atoms with E-state index >= 15 is 0 Å². The first-order valence-electron chi connectivity index (χ1n) is 4.75. The number of aromatic nitrogens is 3. The lowest BCUT2D eigenvalue weighted by molar-refractivity contribution is 0.544. The summed E-state index contributed by atoms with van der Waals surface area (Å²) in [5, 5.41) is 8.23. The van der Waals surface area contributed by atoms with E-state index in [1.54, 1.807) is 0 Å². The number of aryl methyl sites for hydroxylation is 1. The Morgan fingerprint density at radius 1 is 1.46 bits per heavy atom. The Balaban J connectivity index is 2.74. The number of halogens is 1. The first kappa shape index (κ1) is 10.7. The molecule has 1 rings (SSSR count). The molecule has 0 bridgehead atoms. The van der Waals surface area contributed by atoms with Gasteiger partial charge in [-0.15, -0.1) is 5.10 Å². The Morgan fingerprint density at radius 2 is 2.15 bits per heavy atom. The van der Waals surface area contributed by atoms with Gasteiger partial charge in [-0.1, -0.05) is 32.4 Å². The second-order valence-electron chi connectivity index (χ2n) is 3.50. The van der Waals surface area contributed by atoms with Crippen molar-refractivity contribution in [1.82, 2.24) is 15.0 Å². The standard InChI is InChI=1S/C9H16BrN3/c1-4-5-6-13-9(10)8(7(2)3)11-12-13/h7H,4-6H2,1-3H3. The van der Waals surface area contributed by atoms with Crippen LogP contribution in [0.2, 0.25) is 0 Å². The quantitative estimate of drug-likeness (QED) is 0.817. The van der Waals surface area contributed by atoms with Crippen molar-refractivity contribution in [2.24, 2.45) is 0 Å². The predicted octanol–water partition coefficient (Wildman–Crippen LogP) is 2.96. The van der Waals surface area contributed by atoms with E-state index in [0.29, 0.717) is 5.92 Å². The monoisotopic (exact) mass is 245 g/mol. The number of hydrogen-bond donors (Lipinski definition) is 0. The highest BCUT2D eigenvalue weighted by Gasteiger charge is 2.12. The SMILES string of the molecule is CCCCn1nnc(C(C)C)c1Br. The summed E-state index contributed by atoms with van der Waals surface area (Å²) in [5.41, 5.74) is 1.05. The molecule has 0 spiro atoms. The first-order chi connectivity index (χ1) is 6.16. The number of nitrogens with zero attached hydrogens (tertiary/aromatic N) is 3. The van der Waals surface area contributed by atoms with Gasteiger partial charge in [0.15, 0.2) is 0 Å². The Bertz CT molecular complexity index is 268. The van der Waals surface area contributed by atoms with Crippen LogP contribution in [0.5, 0.6) is 0 Å². The summed E-state index contributed by atoms with van der Waals surface area (Å²) in [6.07, 6.45) is 2.34. The molecule has 0 unspecified atom stereocenters. The zero-order valence-electron chi connectivity index (χ0n) is 8.42. The van der Waals surface area contributed by atoms with Crippen LogP contribution < -0.4 is 0 Å². The van der Waals surface area contributed by atoms with Crippen LogP contribution in [0.25, 0.3) is 0 Å². The molecule has 0 aliphatic rings. The van der Waals surface area contributed by atoms with Crippen LogP contribution in [-0.2, 0) is 6.54 Å². The molecule has 13 heavy (non-hydrogen) atoms. The molecule has 0 aliphatic heterocycles. The van der Waals surface area contributed by atoms with E-state index in [1.165, 1.54) is 6.42 Å². The average Bonchev–Trinajstić information content (AvgIpc) is 2.43. The van der Waals surface area contributed by atoms with Crippen LogP contribution >= 0.6 is 15.9 Å². The zero-order chi connectivity index (χ0) is 9.84. The van der Waals surface area contributed by atoms with E-state index in [9.17, 15) is 0 Å². The van der Waals surface area contributed by atoms with Crippen LogP contribution in [0.3, 0.4) is 0 Å². The molecule has 0 fully saturated rings. The van der Waals surface area contributed by atoms with Gasteiger partial charge in [0.25, 0.3) is 0 Å². The Labute approximate surface area is 87.6 Å². The van der Waals surface area contributed by atoms with Crippen LogP contribution in [-0.4, -0.2) is 15.0 Å². The van der Waals surface area contributed by atoms with Gasteiger partial charge in [0.2, 0.25) is 0 Å². The minimum absolute atomic E-state index is 0.435. The average molecular weight is 246 g/mol. The highest BCUT2D eigenvalue weighted by Crippen LogP contribution is 2.21. The topological polar surface area (TPSA) is 30.7 Å². The fourth-order valence-electron chi connectivity index (χ4n) is 1.12. The summed E-state index contributed by atoms with van der Waals surface area (Å²) in [6.45, 7) is 7.38. The van der Waals surface area contributed by atoms with Crippen molar-refractivity contribution < 1.29 is 0 Å². The van der Waals surface area contributed by atoms with Gasteiger partial charge in [-0.3, -0.25) is 0 Å². The molecule has 0 atom stereocenters. The third-order valence-electron chi connectivity index (χ3n) is 1.97. The van der Waals surface area contributed by atoms with Gasteiger partial charge in [0.1, 0.15) is 4.60 Å². The molecule has 1 aromatic rings. The molecular formula is C9H16BrN3. The summed E-state index contributed by atoms with van der Waals surface area (Å²) >= 11 is 3.52. The Kier molecular flexibility index (Phi) is 3.90. The maximum absolute atomic E-state index is 4.13. The third kappa shape index (κ3) is 2.53. The van der Waals surface area contributed by atoms with Crippen molar-refractivity contribution in [3.8, 4) is 0 Å². The van der Waals surface area contributed by atoms with E-state index in [4.69, 9.17) is 0 Å². The van der Waals surface area contributed by atoms with Gasteiger partial charge in [0, 0.05) is 12.5 Å². The minimum atomic E-state index is 0.435. The molecule has 4 heteroatoms. The Morgan fingerprint density at radius 3 is 2.62 bits per heavy atom. The summed E-state index contributed by atoms with van der Waals surface area (Å²) in [5.74, 6) is 0.435. The molecule has 0 aliphatic carbocycles.